The lowest BCUT2D eigenvalue weighted by Crippen LogP contribution is -2.23. The maximum Gasteiger partial charge on any atom is 0.188 e. The summed E-state index contributed by atoms with van der Waals surface area (Å²) in [6.07, 6.45) is 3.97. The highest BCUT2D eigenvalue weighted by Crippen LogP contribution is 2.32. The zero-order valence-corrected chi connectivity index (χ0v) is 13.2. The van der Waals surface area contributed by atoms with Gasteiger partial charge in [-0.2, -0.15) is 4.73 Å². The minimum Gasteiger partial charge on any atom is -0.619 e. The molecule has 0 saturated heterocycles. The Bertz CT molecular complexity index is 744. The number of rotatable bonds is 6. The SMILES string of the molecule is CNCCC(Oc1cccc2c[n+]([O-])ccc12)c1cccs1. The molecule has 0 bridgehead atoms. The standard InChI is InChI=1S/C17H18N2O2S/c1-18-9-7-16(17-6-3-11-22-17)21-15-5-2-4-13-12-19(20)10-8-14(13)15/h2-6,8,10-12,16,18H,7,9H2,1H3. The second-order valence-electron chi connectivity index (χ2n) is 5.08. The lowest BCUT2D eigenvalue weighted by molar-refractivity contribution is -0.603. The van der Waals surface area contributed by atoms with Crippen LogP contribution in [0.15, 0.2) is 54.2 Å². The van der Waals surface area contributed by atoms with Gasteiger partial charge in [-0.1, -0.05) is 12.1 Å². The maximum atomic E-state index is 11.4. The van der Waals surface area contributed by atoms with Crippen molar-refractivity contribution >= 4 is 22.1 Å². The number of hydrogen-bond acceptors (Lipinski definition) is 4. The summed E-state index contributed by atoms with van der Waals surface area (Å²) in [7, 11) is 1.94. The van der Waals surface area contributed by atoms with Gasteiger partial charge in [0, 0.05) is 22.8 Å². The molecule has 0 aliphatic heterocycles. The third kappa shape index (κ3) is 3.21. The van der Waals surface area contributed by atoms with Crippen molar-refractivity contribution in [2.24, 2.45) is 0 Å². The number of fused-ring (bicyclic) bond motifs is 1. The van der Waals surface area contributed by atoms with Crippen molar-refractivity contribution in [1.82, 2.24) is 5.32 Å². The van der Waals surface area contributed by atoms with E-state index in [1.807, 2.05) is 31.3 Å². The maximum absolute atomic E-state index is 11.4. The average molecular weight is 314 g/mol. The molecule has 3 rings (SSSR count). The van der Waals surface area contributed by atoms with Crippen LogP contribution in [0, 0.1) is 5.21 Å². The number of pyridine rings is 1. The highest BCUT2D eigenvalue weighted by Gasteiger charge is 2.16. The summed E-state index contributed by atoms with van der Waals surface area (Å²) in [5.74, 6) is 0.813. The molecule has 5 heteroatoms. The van der Waals surface area contributed by atoms with Gasteiger partial charge < -0.3 is 15.3 Å². The van der Waals surface area contributed by atoms with Crippen molar-refractivity contribution in [3.8, 4) is 5.75 Å². The quantitative estimate of drug-likeness (QED) is 0.561. The van der Waals surface area contributed by atoms with Crippen LogP contribution in [0.5, 0.6) is 5.75 Å². The van der Waals surface area contributed by atoms with Crippen LogP contribution in [0.1, 0.15) is 17.4 Å². The van der Waals surface area contributed by atoms with Gasteiger partial charge in [0.15, 0.2) is 12.4 Å². The molecule has 4 nitrogen and oxygen atoms in total. The number of benzene rings is 1. The summed E-state index contributed by atoms with van der Waals surface area (Å²) in [5, 5.41) is 18.5. The molecule has 1 unspecified atom stereocenters. The Morgan fingerprint density at radius 3 is 2.95 bits per heavy atom. The summed E-state index contributed by atoms with van der Waals surface area (Å²) in [6, 6.07) is 11.7. The van der Waals surface area contributed by atoms with Crippen LogP contribution in [-0.4, -0.2) is 13.6 Å². The van der Waals surface area contributed by atoms with E-state index >= 15 is 0 Å². The Hall–Kier alpha value is -2.11. The van der Waals surface area contributed by atoms with Crippen LogP contribution in [0.2, 0.25) is 0 Å². The molecule has 2 heterocycles. The zero-order chi connectivity index (χ0) is 15.4. The van der Waals surface area contributed by atoms with Crippen LogP contribution >= 0.6 is 11.3 Å². The molecule has 1 aromatic carbocycles. The van der Waals surface area contributed by atoms with E-state index in [9.17, 15) is 5.21 Å². The van der Waals surface area contributed by atoms with Crippen LogP contribution < -0.4 is 14.8 Å². The van der Waals surface area contributed by atoms with Crippen molar-refractivity contribution in [3.63, 3.8) is 0 Å². The molecule has 22 heavy (non-hydrogen) atoms. The van der Waals surface area contributed by atoms with Crippen molar-refractivity contribution in [2.75, 3.05) is 13.6 Å². The predicted octanol–water partition coefficient (Wildman–Crippen LogP) is 3.26. The molecule has 0 spiro atoms. The molecule has 0 saturated carbocycles. The number of nitrogens with one attached hydrogen (secondary N) is 1. The van der Waals surface area contributed by atoms with Crippen molar-refractivity contribution in [3.05, 3.63) is 64.3 Å². The normalized spacial score (nSPS) is 12.4. The number of ether oxygens (including phenoxy) is 1. The van der Waals surface area contributed by atoms with Crippen molar-refractivity contribution in [1.29, 1.82) is 0 Å². The largest absolute Gasteiger partial charge is 0.619 e. The van der Waals surface area contributed by atoms with Gasteiger partial charge in [-0.15, -0.1) is 11.3 Å². The summed E-state index contributed by atoms with van der Waals surface area (Å²) in [4.78, 5) is 1.21. The lowest BCUT2D eigenvalue weighted by atomic mass is 10.1. The lowest BCUT2D eigenvalue weighted by Gasteiger charge is -2.19. The van der Waals surface area contributed by atoms with E-state index in [1.165, 1.54) is 11.1 Å². The first kappa shape index (κ1) is 14.8. The average Bonchev–Trinajstić information content (AvgIpc) is 3.05. The van der Waals surface area contributed by atoms with Crippen LogP contribution in [0.25, 0.3) is 10.8 Å². The Labute approximate surface area is 133 Å². The van der Waals surface area contributed by atoms with Gasteiger partial charge in [0.1, 0.15) is 11.9 Å². The summed E-state index contributed by atoms with van der Waals surface area (Å²) >= 11 is 1.70. The molecule has 0 radical (unpaired) electrons. The topological polar surface area (TPSA) is 48.2 Å². The Morgan fingerprint density at radius 1 is 1.27 bits per heavy atom. The van der Waals surface area contributed by atoms with E-state index in [0.717, 1.165) is 34.2 Å². The number of hydrogen-bond donors (Lipinski definition) is 1. The first-order valence-corrected chi connectivity index (χ1v) is 8.12. The van der Waals surface area contributed by atoms with E-state index in [4.69, 9.17) is 4.74 Å². The molecule has 0 aliphatic rings. The minimum absolute atomic E-state index is 0.0117. The third-order valence-electron chi connectivity index (χ3n) is 3.54. The summed E-state index contributed by atoms with van der Waals surface area (Å²) in [5.41, 5.74) is 0. The predicted molar refractivity (Wildman–Crippen MR) is 89.1 cm³/mol. The van der Waals surface area contributed by atoms with Gasteiger partial charge in [0.2, 0.25) is 0 Å². The van der Waals surface area contributed by atoms with E-state index in [2.05, 4.69) is 16.8 Å². The van der Waals surface area contributed by atoms with E-state index in [0.29, 0.717) is 0 Å². The molecule has 1 N–H and O–H groups in total. The Balaban J connectivity index is 1.92. The molecular formula is C17H18N2O2S. The van der Waals surface area contributed by atoms with Crippen LogP contribution in [0.3, 0.4) is 0 Å². The van der Waals surface area contributed by atoms with Crippen molar-refractivity contribution in [2.45, 2.75) is 12.5 Å². The van der Waals surface area contributed by atoms with Crippen LogP contribution in [-0.2, 0) is 0 Å². The van der Waals surface area contributed by atoms with E-state index < -0.39 is 0 Å². The summed E-state index contributed by atoms with van der Waals surface area (Å²) < 4.78 is 7.08. The minimum atomic E-state index is 0.0117. The summed E-state index contributed by atoms with van der Waals surface area (Å²) in [6.45, 7) is 0.883. The first-order chi connectivity index (χ1) is 10.8. The monoisotopic (exact) mass is 314 g/mol. The highest BCUT2D eigenvalue weighted by atomic mass is 32.1. The molecule has 0 fully saturated rings. The zero-order valence-electron chi connectivity index (χ0n) is 12.4. The molecule has 0 aliphatic carbocycles. The molecule has 0 amide bonds. The molecule has 3 aromatic rings. The van der Waals surface area contributed by atoms with Gasteiger partial charge in [-0.05, 0) is 37.2 Å². The Kier molecular flexibility index (Phi) is 4.56. The molecule has 1 atom stereocenters. The fourth-order valence-electron chi connectivity index (χ4n) is 2.45. The fourth-order valence-corrected chi connectivity index (χ4v) is 3.23. The highest BCUT2D eigenvalue weighted by molar-refractivity contribution is 7.10. The second-order valence-corrected chi connectivity index (χ2v) is 6.06. The number of nitrogens with zero attached hydrogens (tertiary/aromatic N) is 1. The van der Waals surface area contributed by atoms with Gasteiger partial charge in [0.05, 0.1) is 5.39 Å². The van der Waals surface area contributed by atoms with Crippen LogP contribution in [0.4, 0.5) is 0 Å². The molecular weight excluding hydrogens is 296 g/mol. The third-order valence-corrected chi connectivity index (χ3v) is 4.50. The fraction of sp³-hybridized carbons (Fsp3) is 0.235. The Morgan fingerprint density at radius 2 is 2.18 bits per heavy atom. The van der Waals surface area contributed by atoms with E-state index in [1.54, 1.807) is 23.6 Å². The first-order valence-electron chi connectivity index (χ1n) is 7.24. The number of aromatic nitrogens is 1. The van der Waals surface area contributed by atoms with E-state index in [-0.39, 0.29) is 6.10 Å². The smallest absolute Gasteiger partial charge is 0.188 e. The number of thiophene rings is 1. The van der Waals surface area contributed by atoms with Gasteiger partial charge in [0.25, 0.3) is 0 Å². The molecule has 2 aromatic heterocycles. The van der Waals surface area contributed by atoms with Crippen molar-refractivity contribution < 1.29 is 9.47 Å². The van der Waals surface area contributed by atoms with Gasteiger partial charge in [-0.25, -0.2) is 0 Å². The second kappa shape index (κ2) is 6.77. The van der Waals surface area contributed by atoms with Gasteiger partial charge >= 0.3 is 0 Å². The molecule has 114 valence electrons. The van der Waals surface area contributed by atoms with Gasteiger partial charge in [-0.3, -0.25) is 0 Å².